The molecule has 0 aliphatic carbocycles. The quantitative estimate of drug-likeness (QED) is 0.570. The van der Waals surface area contributed by atoms with Crippen LogP contribution in [-0.4, -0.2) is 27.8 Å². The van der Waals surface area contributed by atoms with Gasteiger partial charge in [-0.2, -0.15) is 10.1 Å². The highest BCUT2D eigenvalue weighted by Crippen LogP contribution is 2.20. The van der Waals surface area contributed by atoms with Crippen LogP contribution in [0, 0.1) is 0 Å². The Balaban J connectivity index is 2.36. The van der Waals surface area contributed by atoms with Gasteiger partial charge in [0.15, 0.2) is 0 Å². The van der Waals surface area contributed by atoms with E-state index < -0.39 is 5.97 Å². The third kappa shape index (κ3) is 5.40. The molecule has 0 aromatic heterocycles. The van der Waals surface area contributed by atoms with Crippen LogP contribution in [0.3, 0.4) is 0 Å². The monoisotopic (exact) mass is 374 g/mol. The third-order valence-corrected chi connectivity index (χ3v) is 3.87. The zero-order chi connectivity index (χ0) is 19.1. The summed E-state index contributed by atoms with van der Waals surface area (Å²) in [6.45, 7) is 1.57. The van der Waals surface area contributed by atoms with Crippen molar-refractivity contribution in [3.8, 4) is 0 Å². The van der Waals surface area contributed by atoms with Crippen molar-refractivity contribution in [1.82, 2.24) is 0 Å². The van der Waals surface area contributed by atoms with Crippen molar-refractivity contribution in [3.63, 3.8) is 0 Å². The lowest BCUT2D eigenvalue weighted by Crippen LogP contribution is -2.27. The van der Waals surface area contributed by atoms with Crippen LogP contribution in [0.4, 0.5) is 5.69 Å². The van der Waals surface area contributed by atoms with Crippen LogP contribution in [0.25, 0.3) is 0 Å². The minimum atomic E-state index is -0.928. The van der Waals surface area contributed by atoms with Gasteiger partial charge in [0.25, 0.3) is 5.91 Å². The van der Waals surface area contributed by atoms with Gasteiger partial charge in [-0.05, 0) is 55.3 Å². The highest BCUT2D eigenvalue weighted by atomic mass is 35.5. The molecule has 0 radical (unpaired) electrons. The number of carbonyl (C=O) groups is 2. The van der Waals surface area contributed by atoms with Gasteiger partial charge in [-0.1, -0.05) is 23.7 Å². The summed E-state index contributed by atoms with van der Waals surface area (Å²) in [7, 11) is 0. The summed E-state index contributed by atoms with van der Waals surface area (Å²) in [4.78, 5) is 23.6. The molecular weight excluding hydrogens is 356 g/mol. The summed E-state index contributed by atoms with van der Waals surface area (Å²) >= 11 is 5.87. The maximum atomic E-state index is 12.9. The van der Waals surface area contributed by atoms with Gasteiger partial charge in [0.05, 0.1) is 18.7 Å². The van der Waals surface area contributed by atoms with Gasteiger partial charge < -0.3 is 10.2 Å². The number of anilines is 1. The van der Waals surface area contributed by atoms with E-state index in [0.29, 0.717) is 27.5 Å². The molecule has 1 amide bonds. The predicted octanol–water partition coefficient (Wildman–Crippen LogP) is 3.72. The maximum absolute atomic E-state index is 12.9. The second-order valence-electron chi connectivity index (χ2n) is 5.68. The largest absolute Gasteiger partial charge is 0.481 e. The number of aliphatic carboxylic acids is 1. The molecule has 0 spiro atoms. The predicted molar refractivity (Wildman–Crippen MR) is 101 cm³/mol. The lowest BCUT2D eigenvalue weighted by atomic mass is 10.1. The summed E-state index contributed by atoms with van der Waals surface area (Å²) in [5, 5.41) is 24.0. The summed E-state index contributed by atoms with van der Waals surface area (Å²) in [5.74, 6) is -1.30. The van der Waals surface area contributed by atoms with Gasteiger partial charge in [-0.25, -0.2) is 0 Å². The van der Waals surface area contributed by atoms with Crippen LogP contribution in [-0.2, 0) is 11.4 Å². The second-order valence-corrected chi connectivity index (χ2v) is 6.11. The number of hydrogen-bond donors (Lipinski definition) is 2. The molecule has 0 saturated carbocycles. The smallest absolute Gasteiger partial charge is 0.303 e. The first-order valence-corrected chi connectivity index (χ1v) is 8.34. The average Bonchev–Trinajstić information content (AvgIpc) is 2.64. The number of hydrogen-bond acceptors (Lipinski definition) is 4. The van der Waals surface area contributed by atoms with Crippen LogP contribution in [0.5, 0.6) is 0 Å². The molecule has 0 saturated heterocycles. The van der Waals surface area contributed by atoms with Crippen LogP contribution >= 0.6 is 11.6 Å². The normalized spacial score (nSPS) is 11.3. The lowest BCUT2D eigenvalue weighted by Gasteiger charge is -2.19. The topological polar surface area (TPSA) is 90.2 Å². The van der Waals surface area contributed by atoms with Crippen molar-refractivity contribution in [2.24, 2.45) is 5.10 Å². The molecule has 0 unspecified atom stereocenters. The Morgan fingerprint density at radius 2 is 1.65 bits per heavy atom. The fraction of sp³-hybridized carbons (Fsp3) is 0.211. The number of aliphatic hydroxyl groups is 1. The van der Waals surface area contributed by atoms with E-state index in [1.165, 1.54) is 5.01 Å². The molecule has 2 aromatic rings. The van der Waals surface area contributed by atoms with E-state index in [1.807, 2.05) is 0 Å². The van der Waals surface area contributed by atoms with Crippen molar-refractivity contribution in [3.05, 3.63) is 64.7 Å². The summed E-state index contributed by atoms with van der Waals surface area (Å²) in [6, 6.07) is 13.2. The number of rotatable bonds is 7. The Kier molecular flexibility index (Phi) is 6.89. The molecule has 136 valence electrons. The first-order chi connectivity index (χ1) is 12.4. The van der Waals surface area contributed by atoms with Crippen molar-refractivity contribution in [2.75, 3.05) is 5.01 Å². The molecule has 0 fully saturated rings. The lowest BCUT2D eigenvalue weighted by molar-refractivity contribution is -0.136. The van der Waals surface area contributed by atoms with Gasteiger partial charge in [0.1, 0.15) is 0 Å². The van der Waals surface area contributed by atoms with Crippen LogP contribution in [0.1, 0.15) is 35.7 Å². The summed E-state index contributed by atoms with van der Waals surface area (Å²) in [5.41, 5.74) is 2.13. The fourth-order valence-corrected chi connectivity index (χ4v) is 2.31. The van der Waals surface area contributed by atoms with Gasteiger partial charge >= 0.3 is 5.97 Å². The minimum absolute atomic E-state index is 0.0677. The number of nitrogens with zero attached hydrogens (tertiary/aromatic N) is 2. The zero-order valence-electron chi connectivity index (χ0n) is 14.2. The molecule has 0 bridgehead atoms. The molecule has 26 heavy (non-hydrogen) atoms. The molecule has 6 nitrogen and oxygen atoms in total. The van der Waals surface area contributed by atoms with E-state index in [4.69, 9.17) is 16.7 Å². The minimum Gasteiger partial charge on any atom is -0.481 e. The fourth-order valence-electron chi connectivity index (χ4n) is 2.19. The van der Waals surface area contributed by atoms with Crippen LogP contribution in [0.15, 0.2) is 53.6 Å². The van der Waals surface area contributed by atoms with Crippen molar-refractivity contribution < 1.29 is 19.8 Å². The van der Waals surface area contributed by atoms with Crippen molar-refractivity contribution in [1.29, 1.82) is 0 Å². The third-order valence-electron chi connectivity index (χ3n) is 3.62. The number of halogens is 1. The van der Waals surface area contributed by atoms with Gasteiger partial charge in [0.2, 0.25) is 0 Å². The molecule has 7 heteroatoms. The molecule has 2 rings (SSSR count). The van der Waals surface area contributed by atoms with Crippen molar-refractivity contribution in [2.45, 2.75) is 26.4 Å². The highest BCUT2D eigenvalue weighted by molar-refractivity contribution is 6.30. The molecule has 2 N–H and O–H groups in total. The Labute approximate surface area is 156 Å². The number of carbonyl (C=O) groups excluding carboxylic acids is 1. The van der Waals surface area contributed by atoms with Crippen LogP contribution < -0.4 is 5.01 Å². The van der Waals surface area contributed by atoms with E-state index in [9.17, 15) is 14.7 Å². The van der Waals surface area contributed by atoms with Gasteiger partial charge in [-0.15, -0.1) is 0 Å². The van der Waals surface area contributed by atoms with Crippen LogP contribution in [0.2, 0.25) is 5.02 Å². The number of carboxylic acids is 1. The molecule has 0 aliphatic heterocycles. The summed E-state index contributed by atoms with van der Waals surface area (Å²) < 4.78 is 0. The summed E-state index contributed by atoms with van der Waals surface area (Å²) in [6.07, 6.45) is 0.163. The number of aliphatic hydroxyl groups excluding tert-OH is 1. The number of carboxylic acid groups (broad SMARTS) is 1. The van der Waals surface area contributed by atoms with E-state index in [0.717, 1.165) is 0 Å². The molecular formula is C19H19ClN2O4. The Morgan fingerprint density at radius 3 is 2.19 bits per heavy atom. The maximum Gasteiger partial charge on any atom is 0.303 e. The van der Waals surface area contributed by atoms with Gasteiger partial charge in [-0.3, -0.25) is 9.59 Å². The number of benzene rings is 2. The van der Waals surface area contributed by atoms with Gasteiger partial charge in [0, 0.05) is 16.3 Å². The standard InChI is InChI=1S/C19H19ClN2O4/c1-13(2-11-18(24)25)21-22(17-9-3-14(12-23)4-10-17)19(26)15-5-7-16(20)8-6-15/h3-10,23H,2,11-12H2,1H3,(H,24,25)/b21-13+. The first-order valence-electron chi connectivity index (χ1n) is 7.96. The van der Waals surface area contributed by atoms with E-state index >= 15 is 0 Å². The SMILES string of the molecule is C/C(CCC(=O)O)=N\N(C(=O)c1ccc(Cl)cc1)c1ccc(CO)cc1. The molecule has 2 aromatic carbocycles. The van der Waals surface area contributed by atoms with E-state index in [-0.39, 0.29) is 25.4 Å². The number of amides is 1. The molecule has 0 heterocycles. The number of hydrazone groups is 1. The Bertz CT molecular complexity index is 801. The molecule has 0 atom stereocenters. The average molecular weight is 375 g/mol. The first kappa shape index (κ1) is 19.6. The Morgan fingerprint density at radius 1 is 1.04 bits per heavy atom. The van der Waals surface area contributed by atoms with Crippen molar-refractivity contribution >= 4 is 34.9 Å². The molecule has 0 aliphatic rings. The Hall–Kier alpha value is -2.70. The zero-order valence-corrected chi connectivity index (χ0v) is 15.0. The second kappa shape index (κ2) is 9.12. The highest BCUT2D eigenvalue weighted by Gasteiger charge is 2.18. The van der Waals surface area contributed by atoms with E-state index in [2.05, 4.69) is 5.10 Å². The van der Waals surface area contributed by atoms with E-state index in [1.54, 1.807) is 55.5 Å².